The molecule has 8 nitrogen and oxygen atoms in total. The zero-order chi connectivity index (χ0) is 23.1. The van der Waals surface area contributed by atoms with Crippen LogP contribution in [0.3, 0.4) is 0 Å². The maximum atomic E-state index is 13.2. The number of hydrogen-bond donors (Lipinski definition) is 1. The Labute approximate surface area is 201 Å². The highest BCUT2D eigenvalue weighted by molar-refractivity contribution is 7.12. The van der Waals surface area contributed by atoms with Crippen LogP contribution in [0.1, 0.15) is 63.8 Å². The summed E-state index contributed by atoms with van der Waals surface area (Å²) in [5.41, 5.74) is 2.53. The monoisotopic (exact) mass is 477 g/mol. The predicted octanol–water partition coefficient (Wildman–Crippen LogP) is 4.30. The number of ether oxygens (including phenoxy) is 1. The smallest absolute Gasteiger partial charge is 0.339 e. The Morgan fingerprint density at radius 1 is 1.21 bits per heavy atom. The van der Waals surface area contributed by atoms with Gasteiger partial charge in [-0.1, -0.05) is 0 Å². The second-order valence-corrected chi connectivity index (χ2v) is 10.8. The van der Waals surface area contributed by atoms with E-state index in [1.807, 2.05) is 16.7 Å². The molecular weight excluding hydrogens is 450 g/mol. The SMILES string of the molecule is O=C(OCC1CC1)c1c(CC(=O)C2CC2)sc2c1CC(n1cnnc1Nc1cccnc1)CC2. The van der Waals surface area contributed by atoms with E-state index in [1.54, 1.807) is 30.1 Å². The van der Waals surface area contributed by atoms with Gasteiger partial charge in [0.15, 0.2) is 0 Å². The fourth-order valence-electron chi connectivity index (χ4n) is 4.64. The molecule has 0 aromatic carbocycles. The highest BCUT2D eigenvalue weighted by Crippen LogP contribution is 2.41. The fourth-order valence-corrected chi connectivity index (χ4v) is 5.99. The summed E-state index contributed by atoms with van der Waals surface area (Å²) in [6.07, 6.45) is 12.2. The summed E-state index contributed by atoms with van der Waals surface area (Å²) in [6, 6.07) is 3.91. The summed E-state index contributed by atoms with van der Waals surface area (Å²) in [4.78, 5) is 32.1. The molecule has 0 bridgehead atoms. The van der Waals surface area contributed by atoms with E-state index in [-0.39, 0.29) is 23.7 Å². The van der Waals surface area contributed by atoms with Gasteiger partial charge in [-0.05, 0) is 68.6 Å². The van der Waals surface area contributed by atoms with Crippen LogP contribution in [0.15, 0.2) is 30.9 Å². The van der Waals surface area contributed by atoms with Crippen LogP contribution < -0.4 is 5.32 Å². The van der Waals surface area contributed by atoms with Gasteiger partial charge in [-0.15, -0.1) is 21.5 Å². The Bertz CT molecular complexity index is 1210. The van der Waals surface area contributed by atoms with Gasteiger partial charge in [0.25, 0.3) is 0 Å². The summed E-state index contributed by atoms with van der Waals surface area (Å²) in [7, 11) is 0. The molecule has 6 rings (SSSR count). The molecule has 1 atom stereocenters. The number of hydrogen-bond acceptors (Lipinski definition) is 8. The van der Waals surface area contributed by atoms with Gasteiger partial charge in [0.05, 0.1) is 24.1 Å². The van der Waals surface area contributed by atoms with Crippen molar-refractivity contribution in [2.45, 2.75) is 57.4 Å². The Morgan fingerprint density at radius 2 is 2.09 bits per heavy atom. The first-order chi connectivity index (χ1) is 16.7. The second kappa shape index (κ2) is 8.94. The molecule has 2 fully saturated rings. The lowest BCUT2D eigenvalue weighted by Gasteiger charge is -2.25. The molecule has 0 radical (unpaired) electrons. The van der Waals surface area contributed by atoms with Crippen molar-refractivity contribution in [3.63, 3.8) is 0 Å². The van der Waals surface area contributed by atoms with Crippen molar-refractivity contribution in [1.29, 1.82) is 0 Å². The lowest BCUT2D eigenvalue weighted by atomic mass is 9.90. The molecule has 3 aliphatic carbocycles. The minimum atomic E-state index is -0.263. The number of nitrogens with zero attached hydrogens (tertiary/aromatic N) is 4. The molecule has 2 saturated carbocycles. The van der Waals surface area contributed by atoms with Gasteiger partial charge in [-0.2, -0.15) is 0 Å². The number of ketones is 1. The predicted molar refractivity (Wildman–Crippen MR) is 127 cm³/mol. The van der Waals surface area contributed by atoms with E-state index >= 15 is 0 Å². The third-order valence-corrected chi connectivity index (χ3v) is 8.20. The van der Waals surface area contributed by atoms with Crippen molar-refractivity contribution in [1.82, 2.24) is 19.7 Å². The van der Waals surface area contributed by atoms with E-state index in [0.717, 1.165) is 54.7 Å². The number of rotatable bonds is 9. The number of aromatic nitrogens is 4. The average Bonchev–Trinajstić information content (AvgIpc) is 3.77. The van der Waals surface area contributed by atoms with Crippen LogP contribution in [0.2, 0.25) is 0 Å². The Morgan fingerprint density at radius 3 is 2.85 bits per heavy atom. The third-order valence-electron chi connectivity index (χ3n) is 6.91. The zero-order valence-corrected chi connectivity index (χ0v) is 19.7. The molecule has 1 unspecified atom stereocenters. The summed E-state index contributed by atoms with van der Waals surface area (Å²) in [5.74, 6) is 1.33. The van der Waals surface area contributed by atoms with Crippen molar-refractivity contribution in [3.05, 3.63) is 51.7 Å². The lowest BCUT2D eigenvalue weighted by Crippen LogP contribution is -2.21. The minimum Gasteiger partial charge on any atom is -0.462 e. The molecule has 0 saturated heterocycles. The summed E-state index contributed by atoms with van der Waals surface area (Å²) >= 11 is 1.63. The molecule has 0 amide bonds. The van der Waals surface area contributed by atoms with Crippen LogP contribution >= 0.6 is 11.3 Å². The van der Waals surface area contributed by atoms with Gasteiger partial charge in [0.1, 0.15) is 12.1 Å². The van der Waals surface area contributed by atoms with Gasteiger partial charge in [-0.25, -0.2) is 4.79 Å². The second-order valence-electron chi connectivity index (χ2n) is 9.59. The molecular formula is C25H27N5O3S. The molecule has 3 aromatic rings. The molecule has 0 aliphatic heterocycles. The number of pyridine rings is 1. The maximum absolute atomic E-state index is 13.2. The van der Waals surface area contributed by atoms with Gasteiger partial charge >= 0.3 is 5.97 Å². The van der Waals surface area contributed by atoms with E-state index in [4.69, 9.17) is 4.74 Å². The van der Waals surface area contributed by atoms with Gasteiger partial charge in [-0.3, -0.25) is 14.3 Å². The van der Waals surface area contributed by atoms with Crippen LogP contribution in [-0.2, 0) is 28.8 Å². The first-order valence-electron chi connectivity index (χ1n) is 12.1. The number of fused-ring (bicyclic) bond motifs is 1. The first kappa shape index (κ1) is 21.5. The summed E-state index contributed by atoms with van der Waals surface area (Å²) in [5, 5.41) is 11.7. The largest absolute Gasteiger partial charge is 0.462 e. The van der Waals surface area contributed by atoms with E-state index < -0.39 is 0 Å². The summed E-state index contributed by atoms with van der Waals surface area (Å²) in [6.45, 7) is 0.480. The fraction of sp³-hybridized carbons (Fsp3) is 0.480. The number of carbonyl (C=O) groups is 2. The Balaban J connectivity index is 1.27. The standard InChI is InChI=1S/C25H27N5O3S/c31-20(16-5-6-16)11-22-23(24(32)33-13-15-3-4-15)19-10-18(7-8-21(19)34-22)30-14-27-29-25(30)28-17-2-1-9-26-12-17/h1-2,9,12,14-16,18H,3-8,10-11,13H2,(H,28,29). The van der Waals surface area contributed by atoms with Crippen LogP contribution in [0, 0.1) is 11.8 Å². The number of esters is 1. The topological polar surface area (TPSA) is 99.0 Å². The van der Waals surface area contributed by atoms with E-state index in [9.17, 15) is 9.59 Å². The van der Waals surface area contributed by atoms with Crippen LogP contribution in [0.4, 0.5) is 11.6 Å². The minimum absolute atomic E-state index is 0.109. The van der Waals surface area contributed by atoms with Crippen LogP contribution in [-0.4, -0.2) is 38.1 Å². The van der Waals surface area contributed by atoms with E-state index in [0.29, 0.717) is 36.9 Å². The van der Waals surface area contributed by atoms with Crippen molar-refractivity contribution >= 4 is 34.7 Å². The first-order valence-corrected chi connectivity index (χ1v) is 12.9. The highest BCUT2D eigenvalue weighted by Gasteiger charge is 2.35. The van der Waals surface area contributed by atoms with E-state index in [2.05, 4.69) is 20.5 Å². The maximum Gasteiger partial charge on any atom is 0.339 e. The normalized spacial score (nSPS) is 19.5. The molecule has 3 heterocycles. The molecule has 34 heavy (non-hydrogen) atoms. The van der Waals surface area contributed by atoms with Crippen LogP contribution in [0.5, 0.6) is 0 Å². The van der Waals surface area contributed by atoms with Crippen molar-refractivity contribution in [3.8, 4) is 0 Å². The average molecular weight is 478 g/mol. The van der Waals surface area contributed by atoms with E-state index in [1.165, 1.54) is 4.88 Å². The molecule has 176 valence electrons. The number of nitrogens with one attached hydrogen (secondary N) is 1. The number of anilines is 2. The number of thiophene rings is 1. The van der Waals surface area contributed by atoms with Gasteiger partial charge < -0.3 is 10.1 Å². The molecule has 9 heteroatoms. The van der Waals surface area contributed by atoms with Gasteiger partial charge in [0, 0.05) is 34.3 Å². The van der Waals surface area contributed by atoms with Crippen molar-refractivity contribution in [2.75, 3.05) is 11.9 Å². The molecule has 3 aliphatic rings. The summed E-state index contributed by atoms with van der Waals surface area (Å²) < 4.78 is 7.75. The Kier molecular flexibility index (Phi) is 5.64. The zero-order valence-electron chi connectivity index (χ0n) is 18.9. The number of Topliss-reactive ketones (excluding diaryl/α,β-unsaturated/α-hetero) is 1. The quantitative estimate of drug-likeness (QED) is 0.459. The molecule has 0 spiro atoms. The lowest BCUT2D eigenvalue weighted by molar-refractivity contribution is -0.119. The number of aryl methyl sites for hydroxylation is 1. The van der Waals surface area contributed by atoms with Crippen LogP contribution in [0.25, 0.3) is 0 Å². The van der Waals surface area contributed by atoms with Crippen molar-refractivity contribution < 1.29 is 14.3 Å². The highest BCUT2D eigenvalue weighted by atomic mass is 32.1. The van der Waals surface area contributed by atoms with Gasteiger partial charge in [0.2, 0.25) is 5.95 Å². The van der Waals surface area contributed by atoms with Crippen molar-refractivity contribution in [2.24, 2.45) is 11.8 Å². The molecule has 1 N–H and O–H groups in total. The Hall–Kier alpha value is -3.07. The number of carbonyl (C=O) groups excluding carboxylic acids is 2. The molecule has 3 aromatic heterocycles. The third kappa shape index (κ3) is 4.49.